The van der Waals surface area contributed by atoms with Crippen LogP contribution in [0, 0.1) is 11.3 Å². The number of amides is 1. The number of nitrogens with one attached hydrogen (secondary N) is 2. The number of thiophene rings is 1. The zero-order valence-electron chi connectivity index (χ0n) is 16.2. The highest BCUT2D eigenvalue weighted by Crippen LogP contribution is 2.36. The molecule has 1 unspecified atom stereocenters. The van der Waals surface area contributed by atoms with Gasteiger partial charge in [-0.25, -0.2) is 13.8 Å². The molecule has 1 aromatic heterocycles. The SMILES string of the molecule is CC1C/C(=N\NC(=O)c2ccccc2NS(=O)(=O)c2cccs2)CC(C)(C)C1. The Bertz CT molecular complexity index is 980. The molecule has 1 aliphatic carbocycles. The van der Waals surface area contributed by atoms with Gasteiger partial charge in [-0.3, -0.25) is 9.52 Å². The molecule has 6 nitrogen and oxygen atoms in total. The van der Waals surface area contributed by atoms with Gasteiger partial charge < -0.3 is 0 Å². The van der Waals surface area contributed by atoms with Gasteiger partial charge in [0.2, 0.25) is 0 Å². The van der Waals surface area contributed by atoms with Gasteiger partial charge in [-0.2, -0.15) is 5.10 Å². The first-order valence-electron chi connectivity index (χ1n) is 9.17. The number of rotatable bonds is 5. The van der Waals surface area contributed by atoms with E-state index < -0.39 is 15.9 Å². The van der Waals surface area contributed by atoms with Crippen molar-refractivity contribution in [3.63, 3.8) is 0 Å². The quantitative estimate of drug-likeness (QED) is 0.701. The van der Waals surface area contributed by atoms with Gasteiger partial charge in [0.05, 0.1) is 11.3 Å². The highest BCUT2D eigenvalue weighted by atomic mass is 32.2. The average Bonchev–Trinajstić information content (AvgIpc) is 3.14. The molecule has 0 bridgehead atoms. The number of hydrogen-bond acceptors (Lipinski definition) is 5. The molecule has 150 valence electrons. The summed E-state index contributed by atoms with van der Waals surface area (Å²) in [5, 5.41) is 6.03. The normalized spacial score (nSPS) is 20.7. The summed E-state index contributed by atoms with van der Waals surface area (Å²) < 4.78 is 27.7. The zero-order chi connectivity index (χ0) is 20.4. The average molecular weight is 420 g/mol. The molecule has 1 saturated carbocycles. The first-order valence-corrected chi connectivity index (χ1v) is 11.5. The van der Waals surface area contributed by atoms with Gasteiger partial charge in [-0.05, 0) is 54.2 Å². The summed E-state index contributed by atoms with van der Waals surface area (Å²) >= 11 is 1.12. The second-order valence-electron chi connectivity index (χ2n) is 8.06. The van der Waals surface area contributed by atoms with Crippen molar-refractivity contribution in [2.75, 3.05) is 4.72 Å². The van der Waals surface area contributed by atoms with E-state index in [9.17, 15) is 13.2 Å². The number of carbonyl (C=O) groups excluding carboxylic acids is 1. The molecule has 0 saturated heterocycles. The third kappa shape index (κ3) is 4.99. The van der Waals surface area contributed by atoms with Gasteiger partial charge in [0, 0.05) is 5.71 Å². The number of para-hydroxylation sites is 1. The number of hydrogen-bond donors (Lipinski definition) is 2. The minimum absolute atomic E-state index is 0.162. The van der Waals surface area contributed by atoms with E-state index in [0.717, 1.165) is 36.3 Å². The van der Waals surface area contributed by atoms with Crippen LogP contribution < -0.4 is 10.1 Å². The third-order valence-electron chi connectivity index (χ3n) is 4.66. The zero-order valence-corrected chi connectivity index (χ0v) is 17.9. The molecule has 1 fully saturated rings. The van der Waals surface area contributed by atoms with E-state index in [2.05, 4.69) is 36.0 Å². The molecule has 1 atom stereocenters. The van der Waals surface area contributed by atoms with Gasteiger partial charge >= 0.3 is 0 Å². The summed E-state index contributed by atoms with van der Waals surface area (Å²) in [6, 6.07) is 9.71. The number of nitrogens with zero attached hydrogens (tertiary/aromatic N) is 1. The van der Waals surface area contributed by atoms with Gasteiger partial charge in [0.15, 0.2) is 0 Å². The highest BCUT2D eigenvalue weighted by Gasteiger charge is 2.29. The fourth-order valence-electron chi connectivity index (χ4n) is 3.77. The highest BCUT2D eigenvalue weighted by molar-refractivity contribution is 7.94. The van der Waals surface area contributed by atoms with Crippen molar-refractivity contribution in [2.24, 2.45) is 16.4 Å². The molecule has 0 aliphatic heterocycles. The maximum absolute atomic E-state index is 12.7. The number of carbonyl (C=O) groups is 1. The van der Waals surface area contributed by atoms with E-state index in [4.69, 9.17) is 0 Å². The number of hydrazone groups is 1. The number of anilines is 1. The van der Waals surface area contributed by atoms with Crippen LogP contribution >= 0.6 is 11.3 Å². The molecular weight excluding hydrogens is 394 g/mol. The summed E-state index contributed by atoms with van der Waals surface area (Å²) in [7, 11) is -3.73. The van der Waals surface area contributed by atoms with E-state index >= 15 is 0 Å². The Hall–Kier alpha value is -2.19. The van der Waals surface area contributed by atoms with Crippen LogP contribution in [0.3, 0.4) is 0 Å². The van der Waals surface area contributed by atoms with Crippen molar-refractivity contribution in [1.29, 1.82) is 0 Å². The van der Waals surface area contributed by atoms with Crippen molar-refractivity contribution in [3.8, 4) is 0 Å². The van der Waals surface area contributed by atoms with Gasteiger partial charge in [-0.1, -0.05) is 39.0 Å². The molecule has 0 radical (unpaired) electrons. The van der Waals surface area contributed by atoms with Crippen LogP contribution in [-0.4, -0.2) is 20.0 Å². The minimum Gasteiger partial charge on any atom is -0.278 e. The van der Waals surface area contributed by atoms with Crippen molar-refractivity contribution >= 4 is 38.7 Å². The van der Waals surface area contributed by atoms with Crippen LogP contribution in [0.25, 0.3) is 0 Å². The molecule has 3 rings (SSSR count). The smallest absolute Gasteiger partial charge is 0.273 e. The van der Waals surface area contributed by atoms with Gasteiger partial charge in [0.1, 0.15) is 4.21 Å². The lowest BCUT2D eigenvalue weighted by Crippen LogP contribution is -2.30. The molecule has 1 heterocycles. The lowest BCUT2D eigenvalue weighted by molar-refractivity contribution is 0.0954. The molecule has 1 amide bonds. The summed E-state index contributed by atoms with van der Waals surface area (Å²) in [6.45, 7) is 6.59. The van der Waals surface area contributed by atoms with E-state index in [1.54, 1.807) is 35.7 Å². The summed E-state index contributed by atoms with van der Waals surface area (Å²) in [5.74, 6) is 0.0808. The molecule has 1 aromatic carbocycles. The molecule has 2 N–H and O–H groups in total. The van der Waals surface area contributed by atoms with Crippen molar-refractivity contribution in [1.82, 2.24) is 5.43 Å². The Labute approximate surface area is 170 Å². The standard InChI is InChI=1S/C20H25N3O3S2/c1-14-11-15(13-20(2,3)12-14)21-22-19(24)16-7-4-5-8-17(16)23-28(25,26)18-9-6-10-27-18/h4-10,14,23H,11-13H2,1-3H3,(H,22,24)/b21-15+. The second kappa shape index (κ2) is 8.05. The molecule has 0 spiro atoms. The van der Waals surface area contributed by atoms with E-state index in [0.29, 0.717) is 5.92 Å². The first kappa shape index (κ1) is 20.5. The van der Waals surface area contributed by atoms with Crippen LogP contribution in [0.5, 0.6) is 0 Å². The van der Waals surface area contributed by atoms with E-state index in [-0.39, 0.29) is 20.9 Å². The lowest BCUT2D eigenvalue weighted by Gasteiger charge is -2.34. The maximum atomic E-state index is 12.7. The van der Waals surface area contributed by atoms with Crippen molar-refractivity contribution in [2.45, 2.75) is 44.2 Å². The summed E-state index contributed by atoms with van der Waals surface area (Å²) in [5.41, 5.74) is 4.19. The van der Waals surface area contributed by atoms with Crippen LogP contribution in [0.15, 0.2) is 51.1 Å². The molecule has 1 aliphatic rings. The van der Waals surface area contributed by atoms with Crippen LogP contribution in [0.4, 0.5) is 5.69 Å². The molecule has 28 heavy (non-hydrogen) atoms. The predicted molar refractivity (Wildman–Crippen MR) is 113 cm³/mol. The van der Waals surface area contributed by atoms with E-state index in [1.165, 1.54) is 6.07 Å². The Morgan fingerprint density at radius 1 is 1.21 bits per heavy atom. The summed E-state index contributed by atoms with van der Waals surface area (Å²) in [6.07, 6.45) is 2.83. The Morgan fingerprint density at radius 2 is 1.96 bits per heavy atom. The lowest BCUT2D eigenvalue weighted by atomic mass is 9.72. The van der Waals surface area contributed by atoms with Crippen LogP contribution in [-0.2, 0) is 10.0 Å². The molecule has 2 aromatic rings. The van der Waals surface area contributed by atoms with E-state index in [1.807, 2.05) is 0 Å². The van der Waals surface area contributed by atoms with Gasteiger partial charge in [0.25, 0.3) is 15.9 Å². The minimum atomic E-state index is -3.73. The largest absolute Gasteiger partial charge is 0.278 e. The fraction of sp³-hybridized carbons (Fsp3) is 0.400. The topological polar surface area (TPSA) is 87.6 Å². The maximum Gasteiger partial charge on any atom is 0.273 e. The fourth-order valence-corrected chi connectivity index (χ4v) is 5.84. The Morgan fingerprint density at radius 3 is 2.64 bits per heavy atom. The molecular formula is C20H25N3O3S2. The first-order chi connectivity index (χ1) is 13.2. The van der Waals surface area contributed by atoms with Crippen molar-refractivity contribution < 1.29 is 13.2 Å². The number of sulfonamides is 1. The third-order valence-corrected chi connectivity index (χ3v) is 7.42. The molecule has 8 heteroatoms. The summed E-state index contributed by atoms with van der Waals surface area (Å²) in [4.78, 5) is 12.7. The predicted octanol–water partition coefficient (Wildman–Crippen LogP) is 4.48. The monoisotopic (exact) mass is 419 g/mol. The van der Waals surface area contributed by atoms with Gasteiger partial charge in [-0.15, -0.1) is 11.3 Å². The van der Waals surface area contributed by atoms with Crippen LogP contribution in [0.2, 0.25) is 0 Å². The van der Waals surface area contributed by atoms with Crippen LogP contribution in [0.1, 0.15) is 50.4 Å². The second-order valence-corrected chi connectivity index (χ2v) is 10.9. The Balaban J connectivity index is 1.77. The Kier molecular flexibility index (Phi) is 5.90. The number of benzene rings is 1. The van der Waals surface area contributed by atoms with Crippen molar-refractivity contribution in [3.05, 3.63) is 47.3 Å².